The number of aryl methyl sites for hydroxylation is 2. The topological polar surface area (TPSA) is 96.2 Å². The van der Waals surface area contributed by atoms with E-state index in [1.807, 2.05) is 6.92 Å². The van der Waals surface area contributed by atoms with Crippen molar-refractivity contribution in [1.82, 2.24) is 20.4 Å². The average Bonchev–Trinajstić information content (AvgIpc) is 2.67. The molecule has 0 unspecified atom stereocenters. The number of carbonyl (C=O) groups is 2. The van der Waals surface area contributed by atoms with Crippen LogP contribution in [0.1, 0.15) is 22.6 Å². The summed E-state index contributed by atoms with van der Waals surface area (Å²) in [4.78, 5) is 22.9. The van der Waals surface area contributed by atoms with Crippen LogP contribution in [0.25, 0.3) is 0 Å². The number of aromatic nitrogens is 2. The highest BCUT2D eigenvalue weighted by atomic mass is 16.3. The van der Waals surface area contributed by atoms with Gasteiger partial charge >= 0.3 is 0 Å². The summed E-state index contributed by atoms with van der Waals surface area (Å²) < 4.78 is 1.59. The fourth-order valence-corrected chi connectivity index (χ4v) is 1.29. The molecular formula is C11H18N4O3. The summed E-state index contributed by atoms with van der Waals surface area (Å²) in [6, 6.07) is 1.65. The van der Waals surface area contributed by atoms with Gasteiger partial charge in [0.25, 0.3) is 5.91 Å². The van der Waals surface area contributed by atoms with E-state index in [0.717, 1.165) is 5.69 Å². The first-order valence-electron chi connectivity index (χ1n) is 5.71. The largest absolute Gasteiger partial charge is 0.396 e. The van der Waals surface area contributed by atoms with Crippen LogP contribution in [0.5, 0.6) is 0 Å². The molecule has 0 fully saturated rings. The van der Waals surface area contributed by atoms with Gasteiger partial charge in [0.05, 0.1) is 6.54 Å². The number of rotatable bonds is 6. The summed E-state index contributed by atoms with van der Waals surface area (Å²) in [7, 11) is 1.74. The third-order valence-corrected chi connectivity index (χ3v) is 2.41. The van der Waals surface area contributed by atoms with E-state index in [-0.39, 0.29) is 30.7 Å². The van der Waals surface area contributed by atoms with Crippen LogP contribution in [0.2, 0.25) is 0 Å². The van der Waals surface area contributed by atoms with Crippen LogP contribution in [0.3, 0.4) is 0 Å². The molecule has 1 heterocycles. The number of nitrogens with one attached hydrogen (secondary N) is 2. The highest BCUT2D eigenvalue weighted by Gasteiger charge is 2.11. The minimum absolute atomic E-state index is 0.0276. The maximum absolute atomic E-state index is 11.6. The zero-order chi connectivity index (χ0) is 13.5. The van der Waals surface area contributed by atoms with Crippen molar-refractivity contribution < 1.29 is 14.7 Å². The zero-order valence-corrected chi connectivity index (χ0v) is 10.6. The van der Waals surface area contributed by atoms with E-state index in [1.54, 1.807) is 17.8 Å². The quantitative estimate of drug-likeness (QED) is 0.565. The third kappa shape index (κ3) is 4.17. The highest BCUT2D eigenvalue weighted by Crippen LogP contribution is 2.00. The molecule has 100 valence electrons. The normalized spacial score (nSPS) is 10.2. The molecule has 0 aliphatic rings. The Morgan fingerprint density at radius 1 is 1.44 bits per heavy atom. The van der Waals surface area contributed by atoms with E-state index < -0.39 is 0 Å². The molecule has 1 rings (SSSR count). The first-order valence-corrected chi connectivity index (χ1v) is 5.71. The molecular weight excluding hydrogens is 236 g/mol. The standard InChI is InChI=1S/C11H18N4O3/c1-8-6-9(14-15(8)2)11(18)13-7-10(17)12-4-3-5-16/h6,16H,3-5,7H2,1-2H3,(H,12,17)(H,13,18). The van der Waals surface area contributed by atoms with Crippen molar-refractivity contribution in [2.75, 3.05) is 19.7 Å². The molecule has 7 heteroatoms. The van der Waals surface area contributed by atoms with Crippen LogP contribution in [0.4, 0.5) is 0 Å². The lowest BCUT2D eigenvalue weighted by atomic mass is 10.3. The predicted octanol–water partition coefficient (Wildman–Crippen LogP) is -1.04. The molecule has 18 heavy (non-hydrogen) atoms. The molecule has 0 atom stereocenters. The molecule has 0 saturated heterocycles. The Balaban J connectivity index is 2.35. The van der Waals surface area contributed by atoms with Crippen molar-refractivity contribution in [2.45, 2.75) is 13.3 Å². The Bertz CT molecular complexity index is 408. The second-order valence-corrected chi connectivity index (χ2v) is 3.90. The van der Waals surface area contributed by atoms with Crippen LogP contribution in [-0.2, 0) is 11.8 Å². The van der Waals surface area contributed by atoms with Gasteiger partial charge in [-0.3, -0.25) is 14.3 Å². The number of hydrogen-bond donors (Lipinski definition) is 3. The van der Waals surface area contributed by atoms with E-state index in [2.05, 4.69) is 15.7 Å². The Hall–Kier alpha value is -1.89. The number of aliphatic hydroxyl groups excluding tert-OH is 1. The number of amides is 2. The number of nitrogens with zero attached hydrogens (tertiary/aromatic N) is 2. The molecule has 3 N–H and O–H groups in total. The number of carbonyl (C=O) groups excluding carboxylic acids is 2. The molecule has 0 radical (unpaired) electrons. The van der Waals surface area contributed by atoms with Gasteiger partial charge in [0.2, 0.25) is 5.91 Å². The van der Waals surface area contributed by atoms with Gasteiger partial charge in [0.1, 0.15) is 5.69 Å². The van der Waals surface area contributed by atoms with Crippen molar-refractivity contribution in [3.05, 3.63) is 17.5 Å². The second-order valence-electron chi connectivity index (χ2n) is 3.90. The van der Waals surface area contributed by atoms with E-state index >= 15 is 0 Å². The SMILES string of the molecule is Cc1cc(C(=O)NCC(=O)NCCCO)nn1C. The molecule has 0 aliphatic heterocycles. The average molecular weight is 254 g/mol. The fourth-order valence-electron chi connectivity index (χ4n) is 1.29. The maximum Gasteiger partial charge on any atom is 0.272 e. The summed E-state index contributed by atoms with van der Waals surface area (Å²) in [5.74, 6) is -0.666. The van der Waals surface area contributed by atoms with E-state index in [0.29, 0.717) is 13.0 Å². The van der Waals surface area contributed by atoms with Crippen LogP contribution >= 0.6 is 0 Å². The summed E-state index contributed by atoms with van der Waals surface area (Å²) in [6.45, 7) is 2.17. The zero-order valence-electron chi connectivity index (χ0n) is 10.6. The van der Waals surface area contributed by atoms with Gasteiger partial charge < -0.3 is 15.7 Å². The van der Waals surface area contributed by atoms with Gasteiger partial charge in [-0.1, -0.05) is 0 Å². The van der Waals surface area contributed by atoms with Crippen LogP contribution in [-0.4, -0.2) is 46.4 Å². The number of hydrogen-bond acceptors (Lipinski definition) is 4. The summed E-state index contributed by atoms with van der Waals surface area (Å²) in [6.07, 6.45) is 0.499. The fraction of sp³-hybridized carbons (Fsp3) is 0.545. The lowest BCUT2D eigenvalue weighted by molar-refractivity contribution is -0.120. The second kappa shape index (κ2) is 6.75. The van der Waals surface area contributed by atoms with Gasteiger partial charge in [-0.25, -0.2) is 0 Å². The first kappa shape index (κ1) is 14.2. The van der Waals surface area contributed by atoms with Gasteiger partial charge in [0.15, 0.2) is 0 Å². The molecule has 0 spiro atoms. The molecule has 0 aromatic carbocycles. The smallest absolute Gasteiger partial charge is 0.272 e. The van der Waals surface area contributed by atoms with Gasteiger partial charge in [0, 0.05) is 25.9 Å². The Morgan fingerprint density at radius 3 is 2.72 bits per heavy atom. The number of aliphatic hydroxyl groups is 1. The van der Waals surface area contributed by atoms with Gasteiger partial charge in [-0.2, -0.15) is 5.10 Å². The van der Waals surface area contributed by atoms with Gasteiger partial charge in [-0.15, -0.1) is 0 Å². The van der Waals surface area contributed by atoms with Crippen molar-refractivity contribution in [2.24, 2.45) is 7.05 Å². The van der Waals surface area contributed by atoms with Crippen LogP contribution < -0.4 is 10.6 Å². The lowest BCUT2D eigenvalue weighted by Crippen LogP contribution is -2.37. The first-order chi connectivity index (χ1) is 8.54. The van der Waals surface area contributed by atoms with Gasteiger partial charge in [-0.05, 0) is 19.4 Å². The van der Waals surface area contributed by atoms with Crippen molar-refractivity contribution in [1.29, 1.82) is 0 Å². The highest BCUT2D eigenvalue weighted by molar-refractivity contribution is 5.94. The van der Waals surface area contributed by atoms with Crippen LogP contribution in [0.15, 0.2) is 6.07 Å². The van der Waals surface area contributed by atoms with Crippen molar-refractivity contribution in [3.8, 4) is 0 Å². The minimum Gasteiger partial charge on any atom is -0.396 e. The van der Waals surface area contributed by atoms with Crippen molar-refractivity contribution in [3.63, 3.8) is 0 Å². The summed E-state index contributed by atoms with van der Waals surface area (Å²) in [5.41, 5.74) is 1.16. The Kier molecular flexibility index (Phi) is 5.31. The molecule has 7 nitrogen and oxygen atoms in total. The Labute approximate surface area is 105 Å². The third-order valence-electron chi connectivity index (χ3n) is 2.41. The van der Waals surface area contributed by atoms with Crippen molar-refractivity contribution >= 4 is 11.8 Å². The Morgan fingerprint density at radius 2 is 2.17 bits per heavy atom. The predicted molar refractivity (Wildman–Crippen MR) is 65.0 cm³/mol. The molecule has 2 amide bonds. The van der Waals surface area contributed by atoms with E-state index in [9.17, 15) is 9.59 Å². The summed E-state index contributed by atoms with van der Waals surface area (Å²) >= 11 is 0. The minimum atomic E-state index is -0.379. The van der Waals surface area contributed by atoms with E-state index in [4.69, 9.17) is 5.11 Å². The monoisotopic (exact) mass is 254 g/mol. The molecule has 1 aromatic heterocycles. The molecule has 0 saturated carbocycles. The summed E-state index contributed by atoms with van der Waals surface area (Å²) in [5, 5.41) is 17.6. The van der Waals surface area contributed by atoms with Crippen LogP contribution in [0, 0.1) is 6.92 Å². The molecule has 0 aliphatic carbocycles. The molecule has 1 aromatic rings. The maximum atomic E-state index is 11.6. The molecule has 0 bridgehead atoms. The lowest BCUT2D eigenvalue weighted by Gasteiger charge is -2.04. The van der Waals surface area contributed by atoms with E-state index in [1.165, 1.54) is 0 Å².